The molecule has 2 aliphatic rings. The third kappa shape index (κ3) is 9.82. The lowest BCUT2D eigenvalue weighted by Gasteiger charge is -2.34. The van der Waals surface area contributed by atoms with Crippen molar-refractivity contribution in [3.05, 3.63) is 29.8 Å². The van der Waals surface area contributed by atoms with E-state index >= 15 is 0 Å². The summed E-state index contributed by atoms with van der Waals surface area (Å²) < 4.78 is 5.96. The lowest BCUT2D eigenvalue weighted by molar-refractivity contribution is 0.187. The third-order valence-corrected chi connectivity index (χ3v) is 9.14. The molecule has 1 aromatic carbocycles. The van der Waals surface area contributed by atoms with Crippen LogP contribution >= 0.6 is 0 Å². The summed E-state index contributed by atoms with van der Waals surface area (Å²) in [6.07, 6.45) is 23.6. The van der Waals surface area contributed by atoms with E-state index < -0.39 is 0 Å². The van der Waals surface area contributed by atoms with Crippen molar-refractivity contribution in [2.45, 2.75) is 135 Å². The van der Waals surface area contributed by atoms with Crippen LogP contribution in [0.15, 0.2) is 24.3 Å². The molecule has 0 bridgehead atoms. The van der Waals surface area contributed by atoms with Gasteiger partial charge in [-0.25, -0.2) is 0 Å². The normalized spacial score (nSPS) is 25.6. The Kier molecular flexibility index (Phi) is 13.1. The summed E-state index contributed by atoms with van der Waals surface area (Å²) in [5.41, 5.74) is 1.48. The summed E-state index contributed by atoms with van der Waals surface area (Å²) in [4.78, 5) is 0. The number of hydrogen-bond donors (Lipinski definition) is 0. The Morgan fingerprint density at radius 3 is 2.06 bits per heavy atom. The van der Waals surface area contributed by atoms with Crippen LogP contribution < -0.4 is 4.74 Å². The maximum atomic E-state index is 9.96. The van der Waals surface area contributed by atoms with Gasteiger partial charge in [0, 0.05) is 5.92 Å². The molecule has 0 saturated heterocycles. The maximum absolute atomic E-state index is 9.96. The molecule has 3 rings (SSSR count). The number of ether oxygens (including phenoxy) is 1. The Morgan fingerprint density at radius 2 is 1.40 bits per heavy atom. The molecule has 2 aliphatic carbocycles. The van der Waals surface area contributed by atoms with Crippen molar-refractivity contribution in [2.24, 2.45) is 23.7 Å². The number of hydrogen-bond acceptors (Lipinski definition) is 2. The minimum absolute atomic E-state index is 0.298. The zero-order valence-electron chi connectivity index (χ0n) is 23.0. The number of rotatable bonds is 15. The van der Waals surface area contributed by atoms with Crippen molar-refractivity contribution in [3.63, 3.8) is 0 Å². The molecule has 0 N–H and O–H groups in total. The van der Waals surface area contributed by atoms with Gasteiger partial charge >= 0.3 is 0 Å². The van der Waals surface area contributed by atoms with E-state index in [1.54, 1.807) is 0 Å². The molecule has 0 aliphatic heterocycles. The van der Waals surface area contributed by atoms with Gasteiger partial charge in [0.1, 0.15) is 5.75 Å². The maximum Gasteiger partial charge on any atom is 0.119 e. The van der Waals surface area contributed by atoms with Gasteiger partial charge < -0.3 is 4.74 Å². The lowest BCUT2D eigenvalue weighted by atomic mass is 9.70. The molecule has 2 heteroatoms. The van der Waals surface area contributed by atoms with E-state index in [2.05, 4.69) is 44.2 Å². The van der Waals surface area contributed by atoms with Crippen molar-refractivity contribution in [3.8, 4) is 11.8 Å². The standard InChI is InChI=1S/C33H53NO/c1-3-5-7-8-10-24-35-33-22-20-30(21-23-33)29-18-14-28(15-19-29)25-32(26-34)31-16-12-27(13-17-31)11-9-6-4-2/h20-23,27-29,31-32H,3-19,24-25H2,1-2H3. The van der Waals surface area contributed by atoms with E-state index in [1.807, 2.05) is 0 Å². The fraction of sp³-hybridized carbons (Fsp3) is 0.788. The highest BCUT2D eigenvalue weighted by Crippen LogP contribution is 2.42. The van der Waals surface area contributed by atoms with Gasteiger partial charge in [-0.05, 0) is 92.7 Å². The summed E-state index contributed by atoms with van der Waals surface area (Å²) in [5, 5.41) is 9.96. The van der Waals surface area contributed by atoms with Crippen LogP contribution in [0, 0.1) is 35.0 Å². The number of nitrogens with zero attached hydrogens (tertiary/aromatic N) is 1. The molecule has 0 radical (unpaired) electrons. The minimum Gasteiger partial charge on any atom is -0.494 e. The molecule has 2 fully saturated rings. The molecular formula is C33H53NO. The minimum atomic E-state index is 0.298. The SMILES string of the molecule is CCCCCCCOc1ccc(C2CCC(CC(C#N)C3CCC(CCCCC)CC3)CC2)cc1. The van der Waals surface area contributed by atoms with Gasteiger partial charge in [-0.15, -0.1) is 0 Å². The fourth-order valence-electron chi connectivity index (χ4n) is 6.74. The van der Waals surface area contributed by atoms with E-state index in [0.717, 1.165) is 37.0 Å². The van der Waals surface area contributed by atoms with Crippen LogP contribution in [0.5, 0.6) is 5.75 Å². The first-order valence-corrected chi connectivity index (χ1v) is 15.4. The second-order valence-corrected chi connectivity index (χ2v) is 11.8. The monoisotopic (exact) mass is 479 g/mol. The van der Waals surface area contributed by atoms with E-state index in [1.165, 1.54) is 108 Å². The number of unbranched alkanes of at least 4 members (excludes halogenated alkanes) is 6. The molecule has 2 nitrogen and oxygen atoms in total. The van der Waals surface area contributed by atoms with Crippen LogP contribution in [-0.2, 0) is 0 Å². The largest absolute Gasteiger partial charge is 0.494 e. The van der Waals surface area contributed by atoms with Crippen molar-refractivity contribution >= 4 is 0 Å². The summed E-state index contributed by atoms with van der Waals surface area (Å²) in [5.74, 6) is 4.37. The van der Waals surface area contributed by atoms with Gasteiger partial charge in [0.15, 0.2) is 0 Å². The molecule has 0 spiro atoms. The third-order valence-electron chi connectivity index (χ3n) is 9.14. The summed E-state index contributed by atoms with van der Waals surface area (Å²) in [6.45, 7) is 5.40. The zero-order chi connectivity index (χ0) is 24.7. The Morgan fingerprint density at radius 1 is 0.771 bits per heavy atom. The lowest BCUT2D eigenvalue weighted by Crippen LogP contribution is -2.24. The Balaban J connectivity index is 1.34. The zero-order valence-corrected chi connectivity index (χ0v) is 23.0. The highest BCUT2D eigenvalue weighted by molar-refractivity contribution is 5.29. The second kappa shape index (κ2) is 16.3. The number of benzene rings is 1. The van der Waals surface area contributed by atoms with Gasteiger partial charge in [0.25, 0.3) is 0 Å². The van der Waals surface area contributed by atoms with E-state index in [-0.39, 0.29) is 0 Å². The van der Waals surface area contributed by atoms with Crippen molar-refractivity contribution in [1.82, 2.24) is 0 Å². The highest BCUT2D eigenvalue weighted by Gasteiger charge is 2.31. The summed E-state index contributed by atoms with van der Waals surface area (Å²) in [6, 6.07) is 11.7. The molecule has 2 saturated carbocycles. The van der Waals surface area contributed by atoms with Gasteiger partial charge in [-0.2, -0.15) is 5.26 Å². The average molecular weight is 480 g/mol. The predicted molar refractivity (Wildman–Crippen MR) is 149 cm³/mol. The van der Waals surface area contributed by atoms with Crippen molar-refractivity contribution < 1.29 is 4.74 Å². The van der Waals surface area contributed by atoms with Gasteiger partial charge in [0.05, 0.1) is 12.7 Å². The molecule has 1 aromatic rings. The molecule has 1 atom stereocenters. The first kappa shape index (κ1) is 28.1. The molecule has 0 amide bonds. The predicted octanol–water partition coefficient (Wildman–Crippen LogP) is 10.2. The molecule has 35 heavy (non-hydrogen) atoms. The molecule has 1 unspecified atom stereocenters. The quantitative estimate of drug-likeness (QED) is 0.234. The van der Waals surface area contributed by atoms with E-state index in [0.29, 0.717) is 17.8 Å². The Bertz CT molecular complexity index is 704. The van der Waals surface area contributed by atoms with Gasteiger partial charge in [0.2, 0.25) is 0 Å². The Hall–Kier alpha value is -1.49. The van der Waals surface area contributed by atoms with Crippen LogP contribution in [0.3, 0.4) is 0 Å². The number of nitriles is 1. The average Bonchev–Trinajstić information content (AvgIpc) is 2.91. The first-order chi connectivity index (χ1) is 17.2. The highest BCUT2D eigenvalue weighted by atomic mass is 16.5. The van der Waals surface area contributed by atoms with Crippen LogP contribution in [0.1, 0.15) is 141 Å². The van der Waals surface area contributed by atoms with Gasteiger partial charge in [-0.1, -0.05) is 90.2 Å². The molecular weight excluding hydrogens is 426 g/mol. The second-order valence-electron chi connectivity index (χ2n) is 11.8. The fourth-order valence-corrected chi connectivity index (χ4v) is 6.74. The molecule has 0 aromatic heterocycles. The summed E-state index contributed by atoms with van der Waals surface area (Å²) in [7, 11) is 0. The topological polar surface area (TPSA) is 33.0 Å². The van der Waals surface area contributed by atoms with Crippen LogP contribution in [0.25, 0.3) is 0 Å². The van der Waals surface area contributed by atoms with Crippen LogP contribution in [-0.4, -0.2) is 6.61 Å². The molecule has 196 valence electrons. The van der Waals surface area contributed by atoms with Crippen LogP contribution in [0.4, 0.5) is 0 Å². The van der Waals surface area contributed by atoms with Crippen LogP contribution in [0.2, 0.25) is 0 Å². The van der Waals surface area contributed by atoms with E-state index in [4.69, 9.17) is 4.74 Å². The van der Waals surface area contributed by atoms with Crippen molar-refractivity contribution in [1.29, 1.82) is 5.26 Å². The smallest absolute Gasteiger partial charge is 0.119 e. The summed E-state index contributed by atoms with van der Waals surface area (Å²) >= 11 is 0. The first-order valence-electron chi connectivity index (χ1n) is 15.4. The van der Waals surface area contributed by atoms with Gasteiger partial charge in [-0.3, -0.25) is 0 Å². The van der Waals surface area contributed by atoms with Crippen molar-refractivity contribution in [2.75, 3.05) is 6.61 Å². The van der Waals surface area contributed by atoms with E-state index in [9.17, 15) is 5.26 Å². The Labute approximate surface area is 217 Å². The molecule has 0 heterocycles.